The molecule has 1 aliphatic rings. The van der Waals surface area contributed by atoms with Crippen molar-refractivity contribution >= 4 is 65.0 Å². The number of unbranched alkanes of at least 4 members (excludes halogenated alkanes) is 1. The fourth-order valence-electron chi connectivity index (χ4n) is 9.21. The Bertz CT molecular complexity index is 2770. The van der Waals surface area contributed by atoms with Crippen LogP contribution in [0.4, 0.5) is 0 Å². The summed E-state index contributed by atoms with van der Waals surface area (Å²) in [7, 11) is 0. The first-order valence-electron chi connectivity index (χ1n) is 28.5. The number of amides is 10. The lowest BCUT2D eigenvalue weighted by Crippen LogP contribution is -2.63. The van der Waals surface area contributed by atoms with Gasteiger partial charge in [-0.05, 0) is 81.2 Å². The number of carboxylic acids is 1. The molecule has 10 amide bonds. The van der Waals surface area contributed by atoms with Gasteiger partial charge in [-0.2, -0.15) is 0 Å². The van der Waals surface area contributed by atoms with E-state index >= 15 is 0 Å². The van der Waals surface area contributed by atoms with Gasteiger partial charge in [0.15, 0.2) is 0 Å². The molecule has 3 aromatic rings. The predicted octanol–water partition coefficient (Wildman–Crippen LogP) is -3.63. The van der Waals surface area contributed by atoms with Crippen molar-refractivity contribution in [1.29, 1.82) is 0 Å². The van der Waals surface area contributed by atoms with Crippen molar-refractivity contribution in [2.45, 2.75) is 159 Å². The number of aliphatic hydroxyl groups is 2. The first kappa shape index (κ1) is 69.9. The number of aromatic nitrogens is 2. The topological polar surface area (TPSA) is 461 Å². The Hall–Kier alpha value is -8.54. The number of nitrogens with two attached hydrogens (primary N) is 2. The molecule has 472 valence electrons. The molecule has 0 spiro atoms. The third-order valence-corrected chi connectivity index (χ3v) is 14.2. The number of imidazole rings is 1. The minimum atomic E-state index is -1.77. The Labute approximate surface area is 498 Å². The number of carbonyl (C=O) groups is 11. The van der Waals surface area contributed by atoms with Crippen molar-refractivity contribution in [3.63, 3.8) is 0 Å². The van der Waals surface area contributed by atoms with Gasteiger partial charge in [-0.15, -0.1) is 0 Å². The molecule has 86 heavy (non-hydrogen) atoms. The molecule has 0 bridgehead atoms. The number of likely N-dealkylation sites (tertiary alicyclic amines) is 1. The quantitative estimate of drug-likeness (QED) is 0.0257. The van der Waals surface area contributed by atoms with Gasteiger partial charge >= 0.3 is 5.97 Å². The van der Waals surface area contributed by atoms with Crippen LogP contribution in [-0.4, -0.2) is 193 Å². The largest absolute Gasteiger partial charge is 0.508 e. The number of hydrogen-bond donors (Lipinski definition) is 16. The lowest BCUT2D eigenvalue weighted by molar-refractivity contribution is -0.144. The number of carbonyl (C=O) groups excluding carboxylic acids is 10. The normalized spacial score (nSPS) is 16.5. The number of hydrogen-bond acceptors (Lipinski definition) is 17. The molecule has 1 aliphatic heterocycles. The van der Waals surface area contributed by atoms with Gasteiger partial charge in [0.05, 0.1) is 31.6 Å². The van der Waals surface area contributed by atoms with Crippen molar-refractivity contribution in [3.8, 4) is 5.75 Å². The summed E-state index contributed by atoms with van der Waals surface area (Å²) < 4.78 is 0. The molecule has 0 saturated carbocycles. The van der Waals surface area contributed by atoms with E-state index in [4.69, 9.17) is 16.6 Å². The molecular formula is C57H84N14O15. The number of phenols is 1. The van der Waals surface area contributed by atoms with Crippen LogP contribution in [0.25, 0.3) is 0 Å². The number of benzene rings is 2. The summed E-state index contributed by atoms with van der Waals surface area (Å²) in [6.45, 7) is 7.85. The SMILES string of the molecule is CC(C)[C@H](NC(=O)[C@H](Cc1cnc[nH]1)NC(=O)[C@H](CO)NC(=O)[C@@H](N)CCCCN)C(=O)N[C@@H](Cc1ccc(O)cc1)C(=O)N[C@H](C(=O)N[C@H](C(=O)N1CCC[C@H]1C(=O)N[C@@H](Cc1ccccc1)C(=O)NCC(=O)N[C@@H](C)C(=O)O)C(C)C)[C@@H](C)O. The molecule has 0 radical (unpaired) electrons. The third-order valence-electron chi connectivity index (χ3n) is 14.2. The minimum absolute atomic E-state index is 0.0304. The first-order chi connectivity index (χ1) is 40.7. The van der Waals surface area contributed by atoms with Crippen LogP contribution < -0.4 is 59.3 Å². The smallest absolute Gasteiger partial charge is 0.325 e. The van der Waals surface area contributed by atoms with E-state index in [0.29, 0.717) is 42.6 Å². The number of aliphatic hydroxyl groups excluding tert-OH is 2. The number of phenolic OH excluding ortho intramolecular Hbond substituents is 1. The second kappa shape index (κ2) is 34.4. The second-order valence-corrected chi connectivity index (χ2v) is 21.9. The summed E-state index contributed by atoms with van der Waals surface area (Å²) in [4.78, 5) is 158. The summed E-state index contributed by atoms with van der Waals surface area (Å²) in [6, 6.07) is 0.523. The molecule has 4 rings (SSSR count). The highest BCUT2D eigenvalue weighted by molar-refractivity contribution is 5.99. The molecule has 11 atom stereocenters. The van der Waals surface area contributed by atoms with Gasteiger partial charge in [0.25, 0.3) is 0 Å². The van der Waals surface area contributed by atoms with Crippen LogP contribution >= 0.6 is 0 Å². The number of aromatic amines is 1. The maximum Gasteiger partial charge on any atom is 0.325 e. The van der Waals surface area contributed by atoms with Crippen molar-refractivity contribution in [3.05, 3.63) is 83.9 Å². The lowest BCUT2D eigenvalue weighted by Gasteiger charge is -2.33. The zero-order valence-electron chi connectivity index (χ0n) is 49.2. The minimum Gasteiger partial charge on any atom is -0.508 e. The number of aliphatic carboxylic acids is 1. The fraction of sp³-hybridized carbons (Fsp3) is 0.544. The summed E-state index contributed by atoms with van der Waals surface area (Å²) in [5.74, 6) is -11.2. The summed E-state index contributed by atoms with van der Waals surface area (Å²) >= 11 is 0. The van der Waals surface area contributed by atoms with Gasteiger partial charge in [-0.25, -0.2) is 4.98 Å². The van der Waals surface area contributed by atoms with Crippen LogP contribution in [0, 0.1) is 11.8 Å². The van der Waals surface area contributed by atoms with Gasteiger partial charge in [0.2, 0.25) is 59.1 Å². The third kappa shape index (κ3) is 21.8. The Morgan fingerprint density at radius 1 is 0.651 bits per heavy atom. The average molecular weight is 1210 g/mol. The Balaban J connectivity index is 1.53. The second-order valence-electron chi connectivity index (χ2n) is 21.9. The summed E-state index contributed by atoms with van der Waals surface area (Å²) in [6.07, 6.45) is 2.50. The van der Waals surface area contributed by atoms with Crippen molar-refractivity contribution in [2.24, 2.45) is 23.3 Å². The number of nitrogens with zero attached hydrogens (tertiary/aromatic N) is 2. The molecule has 1 fully saturated rings. The highest BCUT2D eigenvalue weighted by atomic mass is 16.4. The van der Waals surface area contributed by atoms with Gasteiger partial charge in [0, 0.05) is 37.7 Å². The van der Waals surface area contributed by atoms with Crippen LogP contribution in [0.15, 0.2) is 67.1 Å². The molecule has 1 saturated heterocycles. The molecule has 29 nitrogen and oxygen atoms in total. The highest BCUT2D eigenvalue weighted by Gasteiger charge is 2.42. The Morgan fingerprint density at radius 3 is 1.77 bits per heavy atom. The van der Waals surface area contributed by atoms with E-state index in [9.17, 15) is 68.1 Å². The molecule has 0 aliphatic carbocycles. The standard InChI is InChI=1S/C57H84N14O15/c1-30(2)45(68-51(79)41(25-36-26-60-29-62-36)64-52(80)42(28-72)67-48(76)38(59)15-10-11-21-58)54(82)66-40(24-35-17-19-37(74)20-18-35)50(78)70-47(33(6)73)55(83)69-46(31(3)4)56(84)71-22-12-16-43(71)53(81)65-39(23-34-13-8-7-9-14-34)49(77)61-27-44(75)63-32(5)57(85)86/h7-9,13-14,17-20,26,29-33,38-43,45-47,72-74H,10-12,15-16,21-25,27-28,58-59H2,1-6H3,(H,60,62)(H,61,77)(H,63,75)(H,64,80)(H,65,81)(H,66,82)(H,67,76)(H,68,79)(H,69,83)(H,70,78)(H,85,86)/t32-,33+,38-,39-,40-,41-,42-,43-,45-,46-,47-/m0/s1. The number of rotatable bonds is 34. The van der Waals surface area contributed by atoms with Crippen LogP contribution in [0.5, 0.6) is 5.75 Å². The zero-order valence-corrected chi connectivity index (χ0v) is 49.2. The van der Waals surface area contributed by atoms with E-state index in [-0.39, 0.29) is 44.4 Å². The van der Waals surface area contributed by atoms with Gasteiger partial charge in [-0.1, -0.05) is 76.6 Å². The number of H-pyrrole nitrogens is 1. The maximum atomic E-state index is 14.5. The first-order valence-corrected chi connectivity index (χ1v) is 28.5. The predicted molar refractivity (Wildman–Crippen MR) is 310 cm³/mol. The zero-order chi connectivity index (χ0) is 63.8. The molecular weight excluding hydrogens is 1120 g/mol. The molecule has 2 heterocycles. The molecule has 1 aromatic heterocycles. The van der Waals surface area contributed by atoms with E-state index < -0.39 is 157 Å². The van der Waals surface area contributed by atoms with Crippen LogP contribution in [-0.2, 0) is 72.0 Å². The number of carboxylic acid groups (broad SMARTS) is 1. The van der Waals surface area contributed by atoms with Gasteiger partial charge in [-0.3, -0.25) is 52.7 Å². The van der Waals surface area contributed by atoms with Crippen molar-refractivity contribution in [2.75, 3.05) is 26.2 Å². The average Bonchev–Trinajstić information content (AvgIpc) is 3.01. The van der Waals surface area contributed by atoms with Crippen LogP contribution in [0.3, 0.4) is 0 Å². The van der Waals surface area contributed by atoms with Crippen LogP contribution in [0.2, 0.25) is 0 Å². The van der Waals surface area contributed by atoms with E-state index in [1.807, 2.05) is 0 Å². The van der Waals surface area contributed by atoms with E-state index in [0.717, 1.165) is 0 Å². The van der Waals surface area contributed by atoms with E-state index in [1.165, 1.54) is 55.5 Å². The Kier molecular flexibility index (Phi) is 28.0. The van der Waals surface area contributed by atoms with Gasteiger partial charge < -0.3 is 89.6 Å². The lowest BCUT2D eigenvalue weighted by atomic mass is 9.99. The Morgan fingerprint density at radius 2 is 1.20 bits per heavy atom. The maximum absolute atomic E-state index is 14.5. The summed E-state index contributed by atoms with van der Waals surface area (Å²) in [5.41, 5.74) is 13.0. The molecule has 18 N–H and O–H groups in total. The van der Waals surface area contributed by atoms with Crippen LogP contribution in [0.1, 0.15) is 90.5 Å². The van der Waals surface area contributed by atoms with Gasteiger partial charge in [0.1, 0.15) is 60.1 Å². The number of aromatic hydroxyl groups is 1. The molecule has 0 unspecified atom stereocenters. The van der Waals surface area contributed by atoms with E-state index in [1.54, 1.807) is 58.0 Å². The molecule has 2 aromatic carbocycles. The summed E-state index contributed by atoms with van der Waals surface area (Å²) in [5, 5.41) is 63.1. The fourth-order valence-corrected chi connectivity index (χ4v) is 9.21. The highest BCUT2D eigenvalue weighted by Crippen LogP contribution is 2.22. The monoisotopic (exact) mass is 1200 g/mol. The van der Waals surface area contributed by atoms with Crippen molar-refractivity contribution < 1.29 is 73.2 Å². The number of nitrogens with one attached hydrogen (secondary N) is 10. The van der Waals surface area contributed by atoms with E-state index in [2.05, 4.69) is 57.8 Å². The molecule has 29 heteroatoms. The van der Waals surface area contributed by atoms with Crippen molar-refractivity contribution in [1.82, 2.24) is 62.7 Å².